The Morgan fingerprint density at radius 3 is 2.10 bits per heavy atom. The standard InChI is InChI=1S/C29H33Cl2N3O4S/c1-5-27(29(36)32-6-2)33(18-22-12-13-25(30)26(31)17-22)28(35)19-34(23-15-20(3)14-21(4)16-23)39(37,38)24-10-8-7-9-11-24/h7-17,27H,5-6,18-19H2,1-4H3,(H,32,36). The maximum absolute atomic E-state index is 14.0. The Balaban J connectivity index is 2.09. The number of rotatable bonds is 11. The molecule has 0 heterocycles. The van der Waals surface area contributed by atoms with Crippen molar-refractivity contribution in [2.75, 3.05) is 17.4 Å². The van der Waals surface area contributed by atoms with Gasteiger partial charge in [0.1, 0.15) is 12.6 Å². The fourth-order valence-corrected chi connectivity index (χ4v) is 6.13. The Labute approximate surface area is 240 Å². The van der Waals surface area contributed by atoms with Crippen LogP contribution in [-0.2, 0) is 26.2 Å². The molecule has 1 unspecified atom stereocenters. The Hall–Kier alpha value is -3.07. The molecule has 10 heteroatoms. The van der Waals surface area contributed by atoms with E-state index in [2.05, 4.69) is 5.32 Å². The lowest BCUT2D eigenvalue weighted by atomic mass is 10.1. The lowest BCUT2D eigenvalue weighted by Gasteiger charge is -2.33. The van der Waals surface area contributed by atoms with Crippen molar-refractivity contribution in [2.45, 2.75) is 51.6 Å². The molecule has 3 aromatic carbocycles. The number of carbonyl (C=O) groups is 2. The minimum atomic E-state index is -4.12. The molecule has 0 saturated carbocycles. The fraction of sp³-hybridized carbons (Fsp3) is 0.310. The second-order valence-corrected chi connectivity index (χ2v) is 11.9. The molecule has 0 aliphatic carbocycles. The van der Waals surface area contributed by atoms with Gasteiger partial charge in [-0.2, -0.15) is 0 Å². The summed E-state index contributed by atoms with van der Waals surface area (Å²) in [4.78, 5) is 28.5. The van der Waals surface area contributed by atoms with Gasteiger partial charge in [0.2, 0.25) is 11.8 Å². The number of nitrogens with one attached hydrogen (secondary N) is 1. The number of hydrogen-bond donors (Lipinski definition) is 1. The highest BCUT2D eigenvalue weighted by atomic mass is 35.5. The molecular formula is C29H33Cl2N3O4S. The number of carbonyl (C=O) groups excluding carboxylic acids is 2. The number of aryl methyl sites for hydroxylation is 2. The van der Waals surface area contributed by atoms with Crippen molar-refractivity contribution in [3.05, 3.63) is 93.5 Å². The summed E-state index contributed by atoms with van der Waals surface area (Å²) in [5.74, 6) is -0.852. The second kappa shape index (κ2) is 13.3. The summed E-state index contributed by atoms with van der Waals surface area (Å²) in [6.45, 7) is 7.26. The first-order valence-electron chi connectivity index (χ1n) is 12.6. The van der Waals surface area contributed by atoms with E-state index in [1.54, 1.807) is 62.4 Å². The second-order valence-electron chi connectivity index (χ2n) is 9.26. The van der Waals surface area contributed by atoms with Crippen molar-refractivity contribution in [3.63, 3.8) is 0 Å². The molecule has 0 aliphatic heterocycles. The molecule has 1 N–H and O–H groups in total. The molecule has 0 radical (unpaired) electrons. The summed E-state index contributed by atoms with van der Waals surface area (Å²) < 4.78 is 28.9. The summed E-state index contributed by atoms with van der Waals surface area (Å²) in [7, 11) is -4.12. The first-order valence-corrected chi connectivity index (χ1v) is 14.8. The average Bonchev–Trinajstić information content (AvgIpc) is 2.89. The van der Waals surface area contributed by atoms with Gasteiger partial charge in [-0.3, -0.25) is 13.9 Å². The van der Waals surface area contributed by atoms with Crippen molar-refractivity contribution >= 4 is 50.7 Å². The zero-order chi connectivity index (χ0) is 28.7. The lowest BCUT2D eigenvalue weighted by Crippen LogP contribution is -2.52. The molecule has 0 fully saturated rings. The molecule has 1 atom stereocenters. The SMILES string of the molecule is CCNC(=O)C(CC)N(Cc1ccc(Cl)c(Cl)c1)C(=O)CN(c1cc(C)cc(C)c1)S(=O)(=O)c1ccccc1. The zero-order valence-electron chi connectivity index (χ0n) is 22.4. The molecule has 39 heavy (non-hydrogen) atoms. The van der Waals surface area contributed by atoms with Crippen LogP contribution in [0.2, 0.25) is 10.0 Å². The quantitative estimate of drug-likeness (QED) is 0.308. The van der Waals surface area contributed by atoms with E-state index in [-0.39, 0.29) is 17.3 Å². The van der Waals surface area contributed by atoms with E-state index in [1.807, 2.05) is 19.9 Å². The van der Waals surface area contributed by atoms with E-state index < -0.39 is 28.5 Å². The number of nitrogens with zero attached hydrogens (tertiary/aromatic N) is 2. The van der Waals surface area contributed by atoms with Crippen molar-refractivity contribution in [1.29, 1.82) is 0 Å². The maximum atomic E-state index is 14.0. The number of anilines is 1. The van der Waals surface area contributed by atoms with Crippen LogP contribution in [0.1, 0.15) is 37.0 Å². The monoisotopic (exact) mass is 589 g/mol. The van der Waals surface area contributed by atoms with Crippen LogP contribution < -0.4 is 9.62 Å². The van der Waals surface area contributed by atoms with E-state index in [0.717, 1.165) is 15.4 Å². The number of sulfonamides is 1. The van der Waals surface area contributed by atoms with E-state index >= 15 is 0 Å². The first-order chi connectivity index (χ1) is 18.5. The molecule has 0 saturated heterocycles. The minimum Gasteiger partial charge on any atom is -0.355 e. The van der Waals surface area contributed by atoms with Gasteiger partial charge in [-0.05, 0) is 80.3 Å². The third-order valence-electron chi connectivity index (χ3n) is 6.18. The molecule has 0 aliphatic rings. The van der Waals surface area contributed by atoms with Crippen LogP contribution in [0.15, 0.2) is 71.6 Å². The van der Waals surface area contributed by atoms with Gasteiger partial charge in [0.05, 0.1) is 20.6 Å². The van der Waals surface area contributed by atoms with E-state index in [1.165, 1.54) is 17.0 Å². The highest BCUT2D eigenvalue weighted by Crippen LogP contribution is 2.28. The predicted octanol–water partition coefficient (Wildman–Crippen LogP) is 5.75. The third-order valence-corrected chi connectivity index (χ3v) is 8.71. The average molecular weight is 591 g/mol. The highest BCUT2D eigenvalue weighted by molar-refractivity contribution is 7.92. The number of hydrogen-bond acceptors (Lipinski definition) is 4. The van der Waals surface area contributed by atoms with Gasteiger partial charge < -0.3 is 10.2 Å². The van der Waals surface area contributed by atoms with Crippen LogP contribution in [-0.4, -0.2) is 44.3 Å². The van der Waals surface area contributed by atoms with Crippen LogP contribution >= 0.6 is 23.2 Å². The topological polar surface area (TPSA) is 86.8 Å². The van der Waals surface area contributed by atoms with Crippen LogP contribution in [0.5, 0.6) is 0 Å². The summed E-state index contributed by atoms with van der Waals surface area (Å²) in [5.41, 5.74) is 2.73. The number of likely N-dealkylation sites (N-methyl/N-ethyl adjacent to an activating group) is 1. The summed E-state index contributed by atoms with van der Waals surface area (Å²) >= 11 is 12.3. The number of halogens is 2. The highest BCUT2D eigenvalue weighted by Gasteiger charge is 2.33. The Bertz CT molecular complexity index is 1410. The Kier molecular flexibility index (Phi) is 10.4. The smallest absolute Gasteiger partial charge is 0.264 e. The van der Waals surface area contributed by atoms with Gasteiger partial charge in [-0.1, -0.05) is 60.5 Å². The normalized spacial score (nSPS) is 12.1. The van der Waals surface area contributed by atoms with Gasteiger partial charge in [-0.25, -0.2) is 8.42 Å². The summed E-state index contributed by atoms with van der Waals surface area (Å²) in [5, 5.41) is 3.46. The molecule has 0 spiro atoms. The zero-order valence-corrected chi connectivity index (χ0v) is 24.8. The number of benzene rings is 3. The molecule has 0 bridgehead atoms. The van der Waals surface area contributed by atoms with Gasteiger partial charge in [0.25, 0.3) is 10.0 Å². The van der Waals surface area contributed by atoms with E-state index in [9.17, 15) is 18.0 Å². The van der Waals surface area contributed by atoms with Gasteiger partial charge in [0.15, 0.2) is 0 Å². The summed E-state index contributed by atoms with van der Waals surface area (Å²) in [6, 6.07) is 17.5. The van der Waals surface area contributed by atoms with Gasteiger partial charge in [-0.15, -0.1) is 0 Å². The molecule has 0 aromatic heterocycles. The minimum absolute atomic E-state index is 0.0391. The third kappa shape index (κ3) is 7.53. The van der Waals surface area contributed by atoms with E-state index in [0.29, 0.717) is 34.3 Å². The van der Waals surface area contributed by atoms with Crippen molar-refractivity contribution in [2.24, 2.45) is 0 Å². The van der Waals surface area contributed by atoms with Crippen LogP contribution in [0.4, 0.5) is 5.69 Å². The van der Waals surface area contributed by atoms with Crippen LogP contribution in [0.3, 0.4) is 0 Å². The van der Waals surface area contributed by atoms with Gasteiger partial charge in [0, 0.05) is 13.1 Å². The lowest BCUT2D eigenvalue weighted by molar-refractivity contribution is -0.140. The Morgan fingerprint density at radius 1 is 0.897 bits per heavy atom. The fourth-order valence-electron chi connectivity index (χ4n) is 4.39. The molecule has 208 valence electrons. The molecule has 2 amide bonds. The molecule has 7 nitrogen and oxygen atoms in total. The van der Waals surface area contributed by atoms with Crippen molar-refractivity contribution < 1.29 is 18.0 Å². The summed E-state index contributed by atoms with van der Waals surface area (Å²) in [6.07, 6.45) is 0.327. The largest absolute Gasteiger partial charge is 0.355 e. The van der Waals surface area contributed by atoms with Crippen molar-refractivity contribution in [1.82, 2.24) is 10.2 Å². The van der Waals surface area contributed by atoms with E-state index in [4.69, 9.17) is 23.2 Å². The molecule has 3 rings (SSSR count). The Morgan fingerprint density at radius 2 is 1.54 bits per heavy atom. The molecular weight excluding hydrogens is 557 g/mol. The predicted molar refractivity (Wildman–Crippen MR) is 157 cm³/mol. The van der Waals surface area contributed by atoms with Crippen molar-refractivity contribution in [3.8, 4) is 0 Å². The van der Waals surface area contributed by atoms with Gasteiger partial charge >= 0.3 is 0 Å². The van der Waals surface area contributed by atoms with Crippen LogP contribution in [0, 0.1) is 13.8 Å². The molecule has 3 aromatic rings. The first kappa shape index (κ1) is 30.5. The maximum Gasteiger partial charge on any atom is 0.264 e. The number of amides is 2. The van der Waals surface area contributed by atoms with Crippen LogP contribution in [0.25, 0.3) is 0 Å².